The Morgan fingerprint density at radius 1 is 1.06 bits per heavy atom. The maximum Gasteiger partial charge on any atom is 0.288 e. The summed E-state index contributed by atoms with van der Waals surface area (Å²) in [6, 6.07) is 0. The fourth-order valence-electron chi connectivity index (χ4n) is 3.26. The van der Waals surface area contributed by atoms with Crippen LogP contribution in [-0.4, -0.2) is 126 Å². The molecule has 1 aromatic rings. The smallest absolute Gasteiger partial charge is 0.288 e. The molecule has 3 rings (SSSR count). The molecular formula is C16H25N5O11. The van der Waals surface area contributed by atoms with E-state index in [4.69, 9.17) is 25.1 Å². The average molecular weight is 463 g/mol. The van der Waals surface area contributed by atoms with Gasteiger partial charge >= 0.3 is 0 Å². The molecule has 16 nitrogen and oxygen atoms in total. The first kappa shape index (κ1) is 24.4. The zero-order valence-corrected chi connectivity index (χ0v) is 16.5. The molecule has 3 heterocycles. The van der Waals surface area contributed by atoms with Gasteiger partial charge in [-0.15, -0.1) is 5.10 Å². The first-order valence-corrected chi connectivity index (χ1v) is 9.55. The molecule has 0 saturated carbocycles. The highest BCUT2D eigenvalue weighted by molar-refractivity contribution is 5.88. The zero-order valence-electron chi connectivity index (χ0n) is 16.5. The highest BCUT2D eigenvalue weighted by atomic mass is 16.7. The number of hydrogen-bond donors (Lipinski definition) is 8. The number of aromatic nitrogens is 3. The summed E-state index contributed by atoms with van der Waals surface area (Å²) in [5.41, 5.74) is 5.06. The Labute approximate surface area is 180 Å². The maximum absolute atomic E-state index is 12.1. The average Bonchev–Trinajstić information content (AvgIpc) is 3.36. The molecule has 2 saturated heterocycles. The SMILES string of the molecule is NC(=O)c1ncn([C@@H]2O[C@H](CNC(=O)COC3OC(CO)C(O)C(O)C3O)[C@@H](O)[C@H]2O)n1. The van der Waals surface area contributed by atoms with Crippen LogP contribution in [0, 0.1) is 0 Å². The summed E-state index contributed by atoms with van der Waals surface area (Å²) >= 11 is 0. The quantitative estimate of drug-likeness (QED) is 0.179. The minimum Gasteiger partial charge on any atom is -0.394 e. The molecule has 2 fully saturated rings. The maximum atomic E-state index is 12.1. The van der Waals surface area contributed by atoms with Crippen molar-refractivity contribution in [2.45, 2.75) is 55.2 Å². The van der Waals surface area contributed by atoms with Crippen molar-refractivity contribution >= 4 is 11.8 Å². The van der Waals surface area contributed by atoms with E-state index in [0.29, 0.717) is 0 Å². The molecule has 2 amide bonds. The van der Waals surface area contributed by atoms with Gasteiger partial charge in [0.1, 0.15) is 55.7 Å². The predicted octanol–water partition coefficient (Wildman–Crippen LogP) is -6.07. The third-order valence-electron chi connectivity index (χ3n) is 5.05. The fraction of sp³-hybridized carbons (Fsp3) is 0.750. The van der Waals surface area contributed by atoms with Crippen LogP contribution in [0.15, 0.2) is 6.33 Å². The Kier molecular flexibility index (Phi) is 7.70. The van der Waals surface area contributed by atoms with Gasteiger partial charge in [-0.1, -0.05) is 0 Å². The molecule has 32 heavy (non-hydrogen) atoms. The second kappa shape index (κ2) is 10.1. The highest BCUT2D eigenvalue weighted by Gasteiger charge is 2.45. The van der Waals surface area contributed by atoms with Gasteiger partial charge in [0.25, 0.3) is 5.91 Å². The monoisotopic (exact) mass is 463 g/mol. The van der Waals surface area contributed by atoms with Crippen molar-refractivity contribution in [2.75, 3.05) is 19.8 Å². The molecule has 180 valence electrons. The van der Waals surface area contributed by atoms with Crippen LogP contribution in [0.25, 0.3) is 0 Å². The molecule has 0 aromatic carbocycles. The Morgan fingerprint density at radius 3 is 2.38 bits per heavy atom. The molecule has 1 aromatic heterocycles. The van der Waals surface area contributed by atoms with Crippen molar-refractivity contribution in [3.63, 3.8) is 0 Å². The number of amides is 2. The van der Waals surface area contributed by atoms with Crippen molar-refractivity contribution in [2.24, 2.45) is 5.73 Å². The van der Waals surface area contributed by atoms with Crippen LogP contribution in [0.3, 0.4) is 0 Å². The number of hydrogen-bond acceptors (Lipinski definition) is 13. The van der Waals surface area contributed by atoms with Gasteiger partial charge in [0.05, 0.1) is 6.61 Å². The van der Waals surface area contributed by atoms with E-state index in [0.717, 1.165) is 11.0 Å². The number of ether oxygens (including phenoxy) is 3. The lowest BCUT2D eigenvalue weighted by atomic mass is 9.99. The molecular weight excluding hydrogens is 438 g/mol. The van der Waals surface area contributed by atoms with Crippen LogP contribution in [0.5, 0.6) is 0 Å². The van der Waals surface area contributed by atoms with Crippen LogP contribution in [0.1, 0.15) is 16.8 Å². The van der Waals surface area contributed by atoms with E-state index in [2.05, 4.69) is 15.4 Å². The highest BCUT2D eigenvalue weighted by Crippen LogP contribution is 2.28. The van der Waals surface area contributed by atoms with Gasteiger partial charge in [-0.2, -0.15) is 0 Å². The van der Waals surface area contributed by atoms with E-state index in [1.165, 1.54) is 0 Å². The van der Waals surface area contributed by atoms with Crippen molar-refractivity contribution < 1.29 is 54.4 Å². The van der Waals surface area contributed by atoms with E-state index in [1.54, 1.807) is 0 Å². The lowest BCUT2D eigenvalue weighted by Crippen LogP contribution is -2.59. The van der Waals surface area contributed by atoms with Gasteiger partial charge in [0, 0.05) is 6.54 Å². The Hall–Kier alpha value is -2.28. The Balaban J connectivity index is 1.48. The number of aliphatic hydroxyl groups excluding tert-OH is 6. The van der Waals surface area contributed by atoms with E-state index >= 15 is 0 Å². The van der Waals surface area contributed by atoms with Crippen molar-refractivity contribution in [3.8, 4) is 0 Å². The molecule has 9 N–H and O–H groups in total. The summed E-state index contributed by atoms with van der Waals surface area (Å²) in [6.07, 6.45) is -11.5. The molecule has 16 heteroatoms. The van der Waals surface area contributed by atoms with Gasteiger partial charge in [0.2, 0.25) is 11.7 Å². The first-order chi connectivity index (χ1) is 15.1. The third-order valence-corrected chi connectivity index (χ3v) is 5.05. The van der Waals surface area contributed by atoms with Gasteiger partial charge in [-0.05, 0) is 0 Å². The molecule has 0 radical (unpaired) electrons. The van der Waals surface area contributed by atoms with Crippen LogP contribution in [-0.2, 0) is 19.0 Å². The number of rotatable bonds is 8. The zero-order chi connectivity index (χ0) is 23.6. The van der Waals surface area contributed by atoms with Crippen molar-refractivity contribution in [3.05, 3.63) is 12.2 Å². The number of carbonyl (C=O) groups is 2. The van der Waals surface area contributed by atoms with Gasteiger partial charge in [0.15, 0.2) is 12.5 Å². The molecule has 2 aliphatic rings. The summed E-state index contributed by atoms with van der Waals surface area (Å²) < 4.78 is 16.7. The normalized spacial score (nSPS) is 37.4. The lowest BCUT2D eigenvalue weighted by molar-refractivity contribution is -0.299. The van der Waals surface area contributed by atoms with E-state index < -0.39 is 80.3 Å². The summed E-state index contributed by atoms with van der Waals surface area (Å²) in [5.74, 6) is -1.91. The minimum atomic E-state index is -1.66. The molecule has 0 bridgehead atoms. The van der Waals surface area contributed by atoms with Crippen molar-refractivity contribution in [1.29, 1.82) is 0 Å². The largest absolute Gasteiger partial charge is 0.394 e. The molecule has 0 aliphatic carbocycles. The predicted molar refractivity (Wildman–Crippen MR) is 97.2 cm³/mol. The van der Waals surface area contributed by atoms with Gasteiger partial charge in [-0.25, -0.2) is 9.67 Å². The van der Waals surface area contributed by atoms with Crippen LogP contribution < -0.4 is 11.1 Å². The molecule has 0 spiro atoms. The second-order valence-electron chi connectivity index (χ2n) is 7.27. The van der Waals surface area contributed by atoms with E-state index in [9.17, 15) is 35.1 Å². The van der Waals surface area contributed by atoms with Gasteiger partial charge < -0.3 is 55.9 Å². The lowest BCUT2D eigenvalue weighted by Gasteiger charge is -2.39. The summed E-state index contributed by atoms with van der Waals surface area (Å²) in [7, 11) is 0. The summed E-state index contributed by atoms with van der Waals surface area (Å²) in [6.45, 7) is -1.53. The minimum absolute atomic E-state index is 0.247. The van der Waals surface area contributed by atoms with E-state index in [-0.39, 0.29) is 12.4 Å². The van der Waals surface area contributed by atoms with Crippen LogP contribution in [0.4, 0.5) is 0 Å². The number of carbonyl (C=O) groups excluding carboxylic acids is 2. The number of nitrogens with two attached hydrogens (primary N) is 1. The van der Waals surface area contributed by atoms with Crippen LogP contribution in [0.2, 0.25) is 0 Å². The Bertz CT molecular complexity index is 807. The molecule has 5 unspecified atom stereocenters. The topological polar surface area (TPSA) is 252 Å². The fourth-order valence-corrected chi connectivity index (χ4v) is 3.26. The van der Waals surface area contributed by atoms with E-state index in [1.807, 2.05) is 0 Å². The standard InChI is InChI=1S/C16H25N5O11/c17-13(29)14-19-4-21(20-14)15-11(27)8(24)5(31-15)1-18-7(23)3-30-16-12(28)10(26)9(25)6(2-22)32-16/h4-6,8-12,15-16,22,24-28H,1-3H2,(H2,17,29)(H,18,23)/t5-,6?,8-,9?,10?,11-,12?,15-,16?/m1/s1. The van der Waals surface area contributed by atoms with Crippen LogP contribution >= 0.6 is 0 Å². The van der Waals surface area contributed by atoms with Gasteiger partial charge in [-0.3, -0.25) is 9.59 Å². The number of nitrogens with zero attached hydrogens (tertiary/aromatic N) is 3. The Morgan fingerprint density at radius 2 is 1.75 bits per heavy atom. The third kappa shape index (κ3) is 5.03. The number of nitrogens with one attached hydrogen (secondary N) is 1. The summed E-state index contributed by atoms with van der Waals surface area (Å²) in [4.78, 5) is 26.8. The second-order valence-corrected chi connectivity index (χ2v) is 7.27. The summed E-state index contributed by atoms with van der Waals surface area (Å²) in [5, 5.41) is 64.9. The molecule has 9 atom stereocenters. The number of aliphatic hydroxyl groups is 6. The first-order valence-electron chi connectivity index (χ1n) is 9.55. The van der Waals surface area contributed by atoms with Crippen molar-refractivity contribution in [1.82, 2.24) is 20.1 Å². The number of primary amides is 1. The molecule has 2 aliphatic heterocycles.